The van der Waals surface area contributed by atoms with Gasteiger partial charge in [-0.1, -0.05) is 36.4 Å². The van der Waals surface area contributed by atoms with Gasteiger partial charge in [0.1, 0.15) is 0 Å². The number of nitrogens with zero attached hydrogens (tertiary/aromatic N) is 1. The number of hydrogen-bond acceptors (Lipinski definition) is 3. The molecule has 0 radical (unpaired) electrons. The average Bonchev–Trinajstić information content (AvgIpc) is 2.61. The van der Waals surface area contributed by atoms with Gasteiger partial charge < -0.3 is 11.1 Å². The molecule has 3 aromatic rings. The highest BCUT2D eigenvalue weighted by molar-refractivity contribution is 6.07. The number of benzene rings is 2. The molecule has 1 aromatic heterocycles. The Morgan fingerprint density at radius 1 is 1.20 bits per heavy atom. The number of carbonyl (C=O) groups excluding carboxylic acids is 1. The maximum absolute atomic E-state index is 11.8. The van der Waals surface area contributed by atoms with Crippen LogP contribution in [0.15, 0.2) is 48.5 Å². The van der Waals surface area contributed by atoms with Crippen LogP contribution in [0, 0.1) is 6.92 Å². The second-order valence-electron chi connectivity index (χ2n) is 6.67. The van der Waals surface area contributed by atoms with E-state index in [9.17, 15) is 4.79 Å². The minimum atomic E-state index is -0.447. The molecule has 0 aliphatic heterocycles. The van der Waals surface area contributed by atoms with Gasteiger partial charge in [0.25, 0.3) is 5.91 Å². The molecule has 2 aromatic carbocycles. The minimum Gasteiger partial charge on any atom is -0.378 e. The molecule has 4 rings (SSSR count). The van der Waals surface area contributed by atoms with Gasteiger partial charge in [-0.25, -0.2) is 0 Å². The number of aromatic nitrogens is 1. The molecule has 1 aliphatic rings. The molecule has 4 nitrogen and oxygen atoms in total. The predicted molar refractivity (Wildman–Crippen MR) is 101 cm³/mol. The van der Waals surface area contributed by atoms with Gasteiger partial charge in [0.15, 0.2) is 0 Å². The van der Waals surface area contributed by atoms with Gasteiger partial charge in [0.2, 0.25) is 0 Å². The zero-order valence-electron chi connectivity index (χ0n) is 14.3. The average molecular weight is 331 g/mol. The highest BCUT2D eigenvalue weighted by Gasteiger charge is 2.21. The molecule has 0 spiro atoms. The van der Waals surface area contributed by atoms with E-state index in [1.165, 1.54) is 17.5 Å². The molecule has 1 aliphatic carbocycles. The summed E-state index contributed by atoms with van der Waals surface area (Å²) in [5.41, 5.74) is 11.3. The predicted octanol–water partition coefficient (Wildman–Crippen LogP) is 4.13. The lowest BCUT2D eigenvalue weighted by Gasteiger charge is -2.28. The summed E-state index contributed by atoms with van der Waals surface area (Å²) in [5, 5.41) is 4.63. The first-order valence-corrected chi connectivity index (χ1v) is 8.68. The second kappa shape index (κ2) is 6.20. The van der Waals surface area contributed by atoms with Crippen molar-refractivity contribution in [1.29, 1.82) is 0 Å². The smallest absolute Gasteiger partial charge is 0.250 e. The summed E-state index contributed by atoms with van der Waals surface area (Å²) in [7, 11) is 0. The highest BCUT2D eigenvalue weighted by atomic mass is 16.1. The molecule has 1 amide bonds. The lowest BCUT2D eigenvalue weighted by atomic mass is 9.87. The van der Waals surface area contributed by atoms with Crippen molar-refractivity contribution in [2.45, 2.75) is 32.2 Å². The normalized spacial score (nSPS) is 16.4. The molecule has 126 valence electrons. The zero-order valence-corrected chi connectivity index (χ0v) is 14.3. The quantitative estimate of drug-likeness (QED) is 0.758. The number of hydrogen-bond donors (Lipinski definition) is 2. The van der Waals surface area contributed by atoms with E-state index in [1.807, 2.05) is 25.1 Å². The highest BCUT2D eigenvalue weighted by Crippen LogP contribution is 2.35. The van der Waals surface area contributed by atoms with Crippen molar-refractivity contribution in [2.75, 3.05) is 5.32 Å². The zero-order chi connectivity index (χ0) is 17.4. The molecule has 0 bridgehead atoms. The first-order chi connectivity index (χ1) is 12.1. The van der Waals surface area contributed by atoms with Gasteiger partial charge in [-0.05, 0) is 49.4 Å². The Balaban J connectivity index is 1.81. The second-order valence-corrected chi connectivity index (χ2v) is 6.67. The number of pyridine rings is 1. The third-order valence-corrected chi connectivity index (χ3v) is 4.93. The van der Waals surface area contributed by atoms with Crippen LogP contribution in [0.1, 0.15) is 46.1 Å². The first kappa shape index (κ1) is 15.6. The Morgan fingerprint density at radius 2 is 2.04 bits per heavy atom. The summed E-state index contributed by atoms with van der Waals surface area (Å²) in [4.78, 5) is 16.3. The van der Waals surface area contributed by atoms with Gasteiger partial charge in [-0.2, -0.15) is 0 Å². The monoisotopic (exact) mass is 331 g/mol. The molecule has 25 heavy (non-hydrogen) atoms. The number of anilines is 1. The number of aryl methyl sites for hydroxylation is 2. The van der Waals surface area contributed by atoms with Crippen LogP contribution in [0.5, 0.6) is 0 Å². The number of para-hydroxylation sites is 1. The number of fused-ring (bicyclic) bond motifs is 2. The fraction of sp³-hybridized carbons (Fsp3) is 0.238. The van der Waals surface area contributed by atoms with Crippen molar-refractivity contribution in [1.82, 2.24) is 4.98 Å². The van der Waals surface area contributed by atoms with Crippen LogP contribution in [0.4, 0.5) is 5.69 Å². The van der Waals surface area contributed by atoms with Crippen LogP contribution in [-0.2, 0) is 6.42 Å². The summed E-state index contributed by atoms with van der Waals surface area (Å²) in [6, 6.07) is 16.5. The Hall–Kier alpha value is -2.88. The maximum Gasteiger partial charge on any atom is 0.250 e. The molecule has 4 heteroatoms. The molecule has 0 saturated carbocycles. The molecular formula is C21H21N3O. The van der Waals surface area contributed by atoms with Gasteiger partial charge in [-0.3, -0.25) is 9.78 Å². The van der Waals surface area contributed by atoms with E-state index in [0.29, 0.717) is 11.1 Å². The molecule has 1 heterocycles. The minimum absolute atomic E-state index is 0.271. The van der Waals surface area contributed by atoms with E-state index in [4.69, 9.17) is 5.73 Å². The van der Waals surface area contributed by atoms with Crippen LogP contribution in [-0.4, -0.2) is 10.9 Å². The molecular weight excluding hydrogens is 310 g/mol. The topological polar surface area (TPSA) is 68.0 Å². The number of amides is 1. The number of rotatable bonds is 3. The maximum atomic E-state index is 11.8. The lowest BCUT2D eigenvalue weighted by molar-refractivity contribution is 0.100. The largest absolute Gasteiger partial charge is 0.378 e. The number of primary amides is 1. The SMILES string of the molecule is Cc1cc(N[C@H]2CCCc3ccccc32)c2cccc(C(N)=O)c2n1. The van der Waals surface area contributed by atoms with Crippen LogP contribution in [0.25, 0.3) is 10.9 Å². The number of nitrogens with two attached hydrogens (primary N) is 1. The molecule has 0 unspecified atom stereocenters. The van der Waals surface area contributed by atoms with Crippen molar-refractivity contribution in [2.24, 2.45) is 5.73 Å². The van der Waals surface area contributed by atoms with E-state index in [0.717, 1.165) is 29.6 Å². The van der Waals surface area contributed by atoms with Gasteiger partial charge >= 0.3 is 0 Å². The van der Waals surface area contributed by atoms with Crippen molar-refractivity contribution >= 4 is 22.5 Å². The van der Waals surface area contributed by atoms with Crippen molar-refractivity contribution in [3.63, 3.8) is 0 Å². The summed E-state index contributed by atoms with van der Waals surface area (Å²) in [6.07, 6.45) is 3.40. The van der Waals surface area contributed by atoms with Gasteiger partial charge in [0, 0.05) is 16.8 Å². The fourth-order valence-corrected chi connectivity index (χ4v) is 3.79. The summed E-state index contributed by atoms with van der Waals surface area (Å²) >= 11 is 0. The summed E-state index contributed by atoms with van der Waals surface area (Å²) in [5.74, 6) is -0.447. The lowest BCUT2D eigenvalue weighted by Crippen LogP contribution is -2.18. The van der Waals surface area contributed by atoms with E-state index >= 15 is 0 Å². The summed E-state index contributed by atoms with van der Waals surface area (Å²) in [6.45, 7) is 1.94. The van der Waals surface area contributed by atoms with Crippen molar-refractivity contribution in [3.05, 3.63) is 70.9 Å². The van der Waals surface area contributed by atoms with E-state index in [1.54, 1.807) is 6.07 Å². The summed E-state index contributed by atoms with van der Waals surface area (Å²) < 4.78 is 0. The van der Waals surface area contributed by atoms with Crippen molar-refractivity contribution < 1.29 is 4.79 Å². The van der Waals surface area contributed by atoms with Gasteiger partial charge in [0.05, 0.1) is 17.1 Å². The number of nitrogens with one attached hydrogen (secondary N) is 1. The first-order valence-electron chi connectivity index (χ1n) is 8.68. The van der Waals surface area contributed by atoms with Crippen LogP contribution >= 0.6 is 0 Å². The third kappa shape index (κ3) is 2.84. The third-order valence-electron chi connectivity index (χ3n) is 4.93. The fourth-order valence-electron chi connectivity index (χ4n) is 3.79. The van der Waals surface area contributed by atoms with E-state index < -0.39 is 5.91 Å². The molecule has 0 fully saturated rings. The molecule has 0 saturated heterocycles. The molecule has 1 atom stereocenters. The van der Waals surface area contributed by atoms with Crippen LogP contribution < -0.4 is 11.1 Å². The standard InChI is InChI=1S/C21H21N3O/c1-13-12-19(16-9-5-10-17(21(22)25)20(16)23-13)24-18-11-4-7-14-6-2-3-8-15(14)18/h2-3,5-6,8-10,12,18H,4,7,11H2,1H3,(H2,22,25)(H,23,24)/t18-/m0/s1. The van der Waals surface area contributed by atoms with E-state index in [-0.39, 0.29) is 6.04 Å². The van der Waals surface area contributed by atoms with Gasteiger partial charge in [-0.15, -0.1) is 0 Å². The Morgan fingerprint density at radius 3 is 2.88 bits per heavy atom. The van der Waals surface area contributed by atoms with Crippen molar-refractivity contribution in [3.8, 4) is 0 Å². The Kier molecular flexibility index (Phi) is 3.88. The van der Waals surface area contributed by atoms with Crippen LogP contribution in [0.2, 0.25) is 0 Å². The van der Waals surface area contributed by atoms with Crippen LogP contribution in [0.3, 0.4) is 0 Å². The Labute approximate surface area is 147 Å². The number of carbonyl (C=O) groups is 1. The van der Waals surface area contributed by atoms with E-state index in [2.05, 4.69) is 34.6 Å². The Bertz CT molecular complexity index is 965. The molecule has 3 N–H and O–H groups in total.